The first kappa shape index (κ1) is 13.0. The average Bonchev–Trinajstić information content (AvgIpc) is 2.79. The van der Waals surface area contributed by atoms with E-state index < -0.39 is 16.1 Å². The number of benzene rings is 1. The Kier molecular flexibility index (Phi) is 3.41. The minimum atomic E-state index is -3.54. The fourth-order valence-electron chi connectivity index (χ4n) is 2.18. The normalized spacial score (nSPS) is 21.1. The zero-order chi connectivity index (χ0) is 13.3. The van der Waals surface area contributed by atoms with Gasteiger partial charge in [-0.25, -0.2) is 8.42 Å². The number of sulfonamides is 1. The number of aryl methyl sites for hydroxylation is 1. The van der Waals surface area contributed by atoms with Gasteiger partial charge in [-0.2, -0.15) is 4.31 Å². The molecule has 98 valence electrons. The first-order chi connectivity index (χ1) is 8.43. The largest absolute Gasteiger partial charge is 0.386 e. The van der Waals surface area contributed by atoms with Crippen molar-refractivity contribution in [3.05, 3.63) is 29.8 Å². The summed E-state index contributed by atoms with van der Waals surface area (Å²) >= 11 is 0. The van der Waals surface area contributed by atoms with Gasteiger partial charge < -0.3 is 5.73 Å². The molecule has 0 spiro atoms. The van der Waals surface area contributed by atoms with E-state index in [-0.39, 0.29) is 10.7 Å². The van der Waals surface area contributed by atoms with Crippen molar-refractivity contribution in [1.29, 1.82) is 5.41 Å². The maximum atomic E-state index is 12.4. The lowest BCUT2D eigenvalue weighted by Gasteiger charge is -2.23. The second-order valence-electron chi connectivity index (χ2n) is 4.54. The first-order valence-electron chi connectivity index (χ1n) is 5.85. The Labute approximate surface area is 107 Å². The number of hydrogen-bond donors (Lipinski definition) is 2. The Balaban J connectivity index is 2.36. The van der Waals surface area contributed by atoms with Crippen LogP contribution in [0.2, 0.25) is 0 Å². The number of nitrogens with one attached hydrogen (secondary N) is 1. The van der Waals surface area contributed by atoms with Crippen LogP contribution in [0, 0.1) is 12.3 Å². The van der Waals surface area contributed by atoms with E-state index in [0.717, 1.165) is 12.0 Å². The van der Waals surface area contributed by atoms with Crippen molar-refractivity contribution in [3.8, 4) is 0 Å². The molecule has 1 saturated heterocycles. The van der Waals surface area contributed by atoms with E-state index >= 15 is 0 Å². The zero-order valence-electron chi connectivity index (χ0n) is 10.3. The monoisotopic (exact) mass is 267 g/mol. The Bertz CT molecular complexity index is 551. The molecular formula is C12H17N3O2S. The summed E-state index contributed by atoms with van der Waals surface area (Å²) in [7, 11) is -3.54. The summed E-state index contributed by atoms with van der Waals surface area (Å²) in [5, 5.41) is 7.47. The standard InChI is InChI=1S/C12H17N3O2S/c1-9-4-6-10(7-5-9)18(16,17)15-8-2-3-11(15)12(13)14/h4-7,11H,2-3,8H2,1H3,(H3,13,14)/t11-/m0/s1. The Hall–Kier alpha value is -1.40. The van der Waals surface area contributed by atoms with Gasteiger partial charge in [-0.1, -0.05) is 17.7 Å². The molecule has 6 heteroatoms. The molecule has 1 aliphatic rings. The summed E-state index contributed by atoms with van der Waals surface area (Å²) in [6.45, 7) is 2.34. The van der Waals surface area contributed by atoms with Gasteiger partial charge in [0.2, 0.25) is 10.0 Å². The molecule has 1 fully saturated rings. The highest BCUT2D eigenvalue weighted by atomic mass is 32.2. The van der Waals surface area contributed by atoms with Gasteiger partial charge in [0.05, 0.1) is 10.9 Å². The average molecular weight is 267 g/mol. The molecule has 0 amide bonds. The van der Waals surface area contributed by atoms with Crippen LogP contribution in [-0.4, -0.2) is 31.1 Å². The Morgan fingerprint density at radius 2 is 2.00 bits per heavy atom. The van der Waals surface area contributed by atoms with Crippen LogP contribution in [0.3, 0.4) is 0 Å². The lowest BCUT2D eigenvalue weighted by Crippen LogP contribution is -2.43. The van der Waals surface area contributed by atoms with E-state index in [9.17, 15) is 8.42 Å². The molecule has 18 heavy (non-hydrogen) atoms. The fourth-order valence-corrected chi connectivity index (χ4v) is 3.86. The molecule has 5 nitrogen and oxygen atoms in total. The van der Waals surface area contributed by atoms with Crippen LogP contribution in [0.1, 0.15) is 18.4 Å². The summed E-state index contributed by atoms with van der Waals surface area (Å²) in [5.74, 6) is -0.0804. The molecule has 0 bridgehead atoms. The van der Waals surface area contributed by atoms with Crippen molar-refractivity contribution >= 4 is 15.9 Å². The quantitative estimate of drug-likeness (QED) is 0.634. The fraction of sp³-hybridized carbons (Fsp3) is 0.417. The summed E-state index contributed by atoms with van der Waals surface area (Å²) in [6, 6.07) is 6.24. The third-order valence-corrected chi connectivity index (χ3v) is 5.11. The van der Waals surface area contributed by atoms with Crippen LogP contribution >= 0.6 is 0 Å². The van der Waals surface area contributed by atoms with Gasteiger partial charge >= 0.3 is 0 Å². The molecule has 2 rings (SSSR count). The highest BCUT2D eigenvalue weighted by molar-refractivity contribution is 7.89. The maximum absolute atomic E-state index is 12.4. The molecule has 0 radical (unpaired) electrons. The van der Waals surface area contributed by atoms with E-state index in [4.69, 9.17) is 11.1 Å². The van der Waals surface area contributed by atoms with Crippen LogP contribution in [0.5, 0.6) is 0 Å². The molecule has 1 aromatic carbocycles. The van der Waals surface area contributed by atoms with E-state index in [2.05, 4.69) is 0 Å². The second kappa shape index (κ2) is 4.70. The molecular weight excluding hydrogens is 250 g/mol. The first-order valence-corrected chi connectivity index (χ1v) is 7.29. The van der Waals surface area contributed by atoms with Gasteiger partial charge in [0, 0.05) is 6.54 Å². The highest BCUT2D eigenvalue weighted by Crippen LogP contribution is 2.26. The Morgan fingerprint density at radius 3 is 2.56 bits per heavy atom. The summed E-state index contributed by atoms with van der Waals surface area (Å²) in [6.07, 6.45) is 1.37. The second-order valence-corrected chi connectivity index (χ2v) is 6.43. The van der Waals surface area contributed by atoms with E-state index in [1.807, 2.05) is 6.92 Å². The van der Waals surface area contributed by atoms with Crippen molar-refractivity contribution in [1.82, 2.24) is 4.31 Å². The third-order valence-electron chi connectivity index (χ3n) is 3.19. The van der Waals surface area contributed by atoms with E-state index in [1.165, 1.54) is 4.31 Å². The number of amidine groups is 1. The predicted molar refractivity (Wildman–Crippen MR) is 70.0 cm³/mol. The molecule has 1 heterocycles. The van der Waals surface area contributed by atoms with Gasteiger partial charge in [-0.3, -0.25) is 5.41 Å². The number of rotatable bonds is 3. The smallest absolute Gasteiger partial charge is 0.243 e. The molecule has 0 aliphatic carbocycles. The zero-order valence-corrected chi connectivity index (χ0v) is 11.1. The summed E-state index contributed by atoms with van der Waals surface area (Å²) in [4.78, 5) is 0.265. The molecule has 0 saturated carbocycles. The molecule has 1 atom stereocenters. The van der Waals surface area contributed by atoms with E-state index in [0.29, 0.717) is 13.0 Å². The molecule has 0 unspecified atom stereocenters. The van der Waals surface area contributed by atoms with Crippen LogP contribution in [-0.2, 0) is 10.0 Å². The summed E-state index contributed by atoms with van der Waals surface area (Å²) < 4.78 is 26.2. The van der Waals surface area contributed by atoms with Crippen LogP contribution in [0.4, 0.5) is 0 Å². The SMILES string of the molecule is Cc1ccc(S(=O)(=O)N2CCC[C@H]2C(=N)N)cc1. The van der Waals surface area contributed by atoms with Crippen molar-refractivity contribution in [2.45, 2.75) is 30.7 Å². The van der Waals surface area contributed by atoms with Crippen LogP contribution in [0.15, 0.2) is 29.2 Å². The maximum Gasteiger partial charge on any atom is 0.243 e. The van der Waals surface area contributed by atoms with Crippen molar-refractivity contribution in [2.24, 2.45) is 5.73 Å². The van der Waals surface area contributed by atoms with Crippen molar-refractivity contribution < 1.29 is 8.42 Å². The minimum absolute atomic E-state index is 0.0804. The van der Waals surface area contributed by atoms with Crippen molar-refractivity contribution in [2.75, 3.05) is 6.54 Å². The predicted octanol–water partition coefficient (Wildman–Crippen LogP) is 1.08. The number of hydrogen-bond acceptors (Lipinski definition) is 3. The topological polar surface area (TPSA) is 87.2 Å². The lowest BCUT2D eigenvalue weighted by molar-refractivity contribution is 0.443. The molecule has 0 aromatic heterocycles. The van der Waals surface area contributed by atoms with Gasteiger partial charge in [0.25, 0.3) is 0 Å². The van der Waals surface area contributed by atoms with Crippen molar-refractivity contribution in [3.63, 3.8) is 0 Å². The van der Waals surface area contributed by atoms with Crippen LogP contribution in [0.25, 0.3) is 0 Å². The van der Waals surface area contributed by atoms with Gasteiger partial charge in [0.15, 0.2) is 0 Å². The minimum Gasteiger partial charge on any atom is -0.386 e. The Morgan fingerprint density at radius 1 is 1.39 bits per heavy atom. The number of nitrogens with zero attached hydrogens (tertiary/aromatic N) is 1. The molecule has 3 N–H and O–H groups in total. The highest BCUT2D eigenvalue weighted by Gasteiger charge is 2.36. The van der Waals surface area contributed by atoms with Gasteiger partial charge in [-0.05, 0) is 31.9 Å². The van der Waals surface area contributed by atoms with Crippen LogP contribution < -0.4 is 5.73 Å². The van der Waals surface area contributed by atoms with Gasteiger partial charge in [0.1, 0.15) is 5.84 Å². The summed E-state index contributed by atoms with van der Waals surface area (Å²) in [5.41, 5.74) is 6.48. The van der Waals surface area contributed by atoms with Gasteiger partial charge in [-0.15, -0.1) is 0 Å². The molecule has 1 aliphatic heterocycles. The number of nitrogens with two attached hydrogens (primary N) is 1. The third kappa shape index (κ3) is 2.26. The lowest BCUT2D eigenvalue weighted by atomic mass is 10.2. The molecule has 1 aromatic rings. The van der Waals surface area contributed by atoms with E-state index in [1.54, 1.807) is 24.3 Å².